The van der Waals surface area contributed by atoms with Crippen molar-refractivity contribution >= 4 is 0 Å². The molecule has 1 heterocycles. The lowest BCUT2D eigenvalue weighted by atomic mass is 10.3. The van der Waals surface area contributed by atoms with Crippen LogP contribution in [-0.4, -0.2) is 22.1 Å². The van der Waals surface area contributed by atoms with E-state index in [1.54, 1.807) is 18.0 Å². The summed E-state index contributed by atoms with van der Waals surface area (Å²) in [5, 5.41) is 7.41. The zero-order chi connectivity index (χ0) is 9.10. The predicted molar refractivity (Wildman–Crippen MR) is 46.7 cm³/mol. The van der Waals surface area contributed by atoms with Gasteiger partial charge in [-0.1, -0.05) is 5.21 Å². The zero-order valence-corrected chi connectivity index (χ0v) is 7.14. The number of hydrogen-bond donors (Lipinski definition) is 0. The van der Waals surface area contributed by atoms with E-state index in [4.69, 9.17) is 4.74 Å². The molecule has 0 aliphatic rings. The Hall–Kier alpha value is -1.84. The minimum atomic E-state index is 0.827. The van der Waals surface area contributed by atoms with Crippen LogP contribution in [0.1, 0.15) is 0 Å². The van der Waals surface area contributed by atoms with Crippen molar-refractivity contribution in [1.29, 1.82) is 0 Å². The van der Waals surface area contributed by atoms with E-state index >= 15 is 0 Å². The molecule has 1 aromatic heterocycles. The second kappa shape index (κ2) is 3.26. The first-order valence-corrected chi connectivity index (χ1v) is 3.83. The molecule has 1 radical (unpaired) electrons. The lowest BCUT2D eigenvalue weighted by Gasteiger charge is -2.01. The summed E-state index contributed by atoms with van der Waals surface area (Å²) in [6.45, 7) is 0. The van der Waals surface area contributed by atoms with Crippen LogP contribution in [0.15, 0.2) is 30.5 Å². The average molecular weight is 174 g/mol. The fraction of sp³-hybridized carbons (Fsp3) is 0.111. The quantitative estimate of drug-likeness (QED) is 0.683. The first-order chi connectivity index (χ1) is 6.40. The molecule has 0 fully saturated rings. The summed E-state index contributed by atoms with van der Waals surface area (Å²) in [5.74, 6) is 0.827. The van der Waals surface area contributed by atoms with Gasteiger partial charge in [-0.25, -0.2) is 4.68 Å². The Morgan fingerprint density at radius 1 is 1.31 bits per heavy atom. The highest BCUT2D eigenvalue weighted by Gasteiger charge is 1.96. The second-order valence-electron chi connectivity index (χ2n) is 2.49. The molecular weight excluding hydrogens is 166 g/mol. The smallest absolute Gasteiger partial charge is 0.135 e. The van der Waals surface area contributed by atoms with E-state index in [2.05, 4.69) is 16.5 Å². The fourth-order valence-electron chi connectivity index (χ4n) is 1.04. The maximum atomic E-state index is 5.03. The van der Waals surface area contributed by atoms with Gasteiger partial charge < -0.3 is 4.74 Å². The Morgan fingerprint density at radius 3 is 2.62 bits per heavy atom. The van der Waals surface area contributed by atoms with Crippen LogP contribution < -0.4 is 4.74 Å². The van der Waals surface area contributed by atoms with Gasteiger partial charge in [0.25, 0.3) is 0 Å². The van der Waals surface area contributed by atoms with Crippen molar-refractivity contribution in [3.8, 4) is 11.4 Å². The van der Waals surface area contributed by atoms with Crippen LogP contribution in [0.3, 0.4) is 0 Å². The van der Waals surface area contributed by atoms with Crippen LogP contribution in [0.5, 0.6) is 5.75 Å². The Bertz CT molecular complexity index is 366. The summed E-state index contributed by atoms with van der Waals surface area (Å²) in [7, 11) is 1.64. The maximum absolute atomic E-state index is 5.03. The fourth-order valence-corrected chi connectivity index (χ4v) is 1.04. The standard InChI is InChI=1S/C9H8N3O/c1-13-9-4-2-8(3-5-9)12-7-6-10-11-12/h2-5,7H,1H3. The van der Waals surface area contributed by atoms with Crippen molar-refractivity contribution < 1.29 is 4.74 Å². The van der Waals surface area contributed by atoms with Gasteiger partial charge in [0.15, 0.2) is 0 Å². The minimum Gasteiger partial charge on any atom is -0.497 e. The van der Waals surface area contributed by atoms with Gasteiger partial charge in [-0.15, -0.1) is 5.10 Å². The molecule has 0 spiro atoms. The van der Waals surface area contributed by atoms with Gasteiger partial charge in [0.1, 0.15) is 11.9 Å². The van der Waals surface area contributed by atoms with Gasteiger partial charge in [0, 0.05) is 0 Å². The minimum absolute atomic E-state index is 0.827. The van der Waals surface area contributed by atoms with Gasteiger partial charge in [0.2, 0.25) is 0 Å². The summed E-state index contributed by atoms with van der Waals surface area (Å²) >= 11 is 0. The van der Waals surface area contributed by atoms with E-state index in [9.17, 15) is 0 Å². The largest absolute Gasteiger partial charge is 0.497 e. The van der Waals surface area contributed by atoms with Crippen LogP contribution in [0.4, 0.5) is 0 Å². The van der Waals surface area contributed by atoms with Crippen LogP contribution >= 0.6 is 0 Å². The number of ether oxygens (including phenoxy) is 1. The molecule has 0 saturated carbocycles. The molecule has 4 nitrogen and oxygen atoms in total. The molecule has 0 N–H and O–H groups in total. The molecule has 2 aromatic rings. The molecule has 1 aromatic carbocycles. The normalized spacial score (nSPS) is 9.92. The zero-order valence-electron chi connectivity index (χ0n) is 7.14. The molecule has 0 aliphatic heterocycles. The number of methoxy groups -OCH3 is 1. The summed E-state index contributed by atoms with van der Waals surface area (Å²) in [5.41, 5.74) is 0.939. The third kappa shape index (κ3) is 1.51. The van der Waals surface area contributed by atoms with E-state index in [1.807, 2.05) is 24.3 Å². The molecule has 0 atom stereocenters. The maximum Gasteiger partial charge on any atom is 0.135 e. The van der Waals surface area contributed by atoms with Crippen molar-refractivity contribution in [2.45, 2.75) is 0 Å². The number of benzene rings is 1. The van der Waals surface area contributed by atoms with Crippen LogP contribution in [0.2, 0.25) is 0 Å². The Morgan fingerprint density at radius 2 is 2.08 bits per heavy atom. The molecule has 65 valence electrons. The number of rotatable bonds is 2. The van der Waals surface area contributed by atoms with Crippen LogP contribution in [0, 0.1) is 6.20 Å². The Labute approximate surface area is 75.8 Å². The predicted octanol–water partition coefficient (Wildman–Crippen LogP) is 1.08. The molecule has 0 saturated heterocycles. The molecule has 2 rings (SSSR count). The molecule has 0 unspecified atom stereocenters. The van der Waals surface area contributed by atoms with E-state index in [0.717, 1.165) is 11.4 Å². The Balaban J connectivity index is 2.33. The van der Waals surface area contributed by atoms with Crippen molar-refractivity contribution in [3.05, 3.63) is 36.7 Å². The van der Waals surface area contributed by atoms with Gasteiger partial charge in [0.05, 0.1) is 19.0 Å². The van der Waals surface area contributed by atoms with Crippen molar-refractivity contribution in [2.75, 3.05) is 7.11 Å². The SMILES string of the molecule is COc1ccc(-n2c[c]nn2)cc1. The van der Waals surface area contributed by atoms with E-state index < -0.39 is 0 Å². The molecular formula is C9H8N3O. The van der Waals surface area contributed by atoms with E-state index in [0.29, 0.717) is 0 Å². The summed E-state index contributed by atoms with van der Waals surface area (Å²) in [4.78, 5) is 0. The van der Waals surface area contributed by atoms with Gasteiger partial charge >= 0.3 is 0 Å². The van der Waals surface area contributed by atoms with Crippen molar-refractivity contribution in [1.82, 2.24) is 15.0 Å². The first kappa shape index (κ1) is 7.79. The van der Waals surface area contributed by atoms with E-state index in [-0.39, 0.29) is 0 Å². The average Bonchev–Trinajstić information content (AvgIpc) is 2.71. The second-order valence-corrected chi connectivity index (χ2v) is 2.49. The molecule has 0 amide bonds. The van der Waals surface area contributed by atoms with E-state index in [1.165, 1.54) is 0 Å². The lowest BCUT2D eigenvalue weighted by molar-refractivity contribution is 0.414. The van der Waals surface area contributed by atoms with Crippen molar-refractivity contribution in [2.24, 2.45) is 0 Å². The molecule has 4 heteroatoms. The van der Waals surface area contributed by atoms with Gasteiger partial charge in [-0.05, 0) is 24.3 Å². The monoisotopic (exact) mass is 174 g/mol. The summed E-state index contributed by atoms with van der Waals surface area (Å²) in [6.07, 6.45) is 4.30. The third-order valence-electron chi connectivity index (χ3n) is 1.72. The highest BCUT2D eigenvalue weighted by molar-refractivity contribution is 5.36. The highest BCUT2D eigenvalue weighted by Crippen LogP contribution is 2.13. The van der Waals surface area contributed by atoms with Crippen LogP contribution in [-0.2, 0) is 0 Å². The summed E-state index contributed by atoms with van der Waals surface area (Å²) < 4.78 is 6.67. The number of hydrogen-bond acceptors (Lipinski definition) is 3. The first-order valence-electron chi connectivity index (χ1n) is 3.83. The lowest BCUT2D eigenvalue weighted by Crippen LogP contribution is -1.94. The van der Waals surface area contributed by atoms with Gasteiger partial charge in [-0.3, -0.25) is 0 Å². The van der Waals surface area contributed by atoms with Gasteiger partial charge in [-0.2, -0.15) is 0 Å². The van der Waals surface area contributed by atoms with Crippen LogP contribution in [0.25, 0.3) is 5.69 Å². The topological polar surface area (TPSA) is 39.9 Å². The number of nitrogens with zero attached hydrogens (tertiary/aromatic N) is 3. The molecule has 0 aliphatic carbocycles. The van der Waals surface area contributed by atoms with Crippen molar-refractivity contribution in [3.63, 3.8) is 0 Å². The highest BCUT2D eigenvalue weighted by atomic mass is 16.5. The number of aromatic nitrogens is 3. The molecule has 13 heavy (non-hydrogen) atoms. The molecule has 0 bridgehead atoms. The third-order valence-corrected chi connectivity index (χ3v) is 1.72. The summed E-state index contributed by atoms with van der Waals surface area (Å²) in [6, 6.07) is 7.55. The Kier molecular flexibility index (Phi) is 1.96.